The van der Waals surface area contributed by atoms with Crippen LogP contribution in [0.25, 0.3) is 0 Å². The Morgan fingerprint density at radius 2 is 2.14 bits per heavy atom. The van der Waals surface area contributed by atoms with Crippen LogP contribution in [0.1, 0.15) is 25.5 Å². The van der Waals surface area contributed by atoms with Gasteiger partial charge in [0.05, 0.1) is 6.26 Å². The molecule has 2 heterocycles. The predicted molar refractivity (Wildman–Crippen MR) is 85.6 cm³/mol. The van der Waals surface area contributed by atoms with Crippen molar-refractivity contribution < 1.29 is 4.42 Å². The molecular formula is C15H24N6O. The lowest BCUT2D eigenvalue weighted by atomic mass is 10.3. The molecule has 7 heteroatoms. The van der Waals surface area contributed by atoms with Crippen molar-refractivity contribution in [1.29, 1.82) is 0 Å². The van der Waals surface area contributed by atoms with Gasteiger partial charge in [0.1, 0.15) is 18.4 Å². The van der Waals surface area contributed by atoms with Gasteiger partial charge in [-0.25, -0.2) is 0 Å². The Labute approximate surface area is 130 Å². The summed E-state index contributed by atoms with van der Waals surface area (Å²) in [5.74, 6) is 1.84. The van der Waals surface area contributed by atoms with E-state index in [1.165, 1.54) is 0 Å². The molecule has 0 saturated carbocycles. The van der Waals surface area contributed by atoms with Gasteiger partial charge in [-0.1, -0.05) is 0 Å². The molecule has 0 atom stereocenters. The zero-order valence-corrected chi connectivity index (χ0v) is 13.0. The lowest BCUT2D eigenvalue weighted by molar-refractivity contribution is 0.506. The highest BCUT2D eigenvalue weighted by Gasteiger charge is 1.99. The first-order valence-corrected chi connectivity index (χ1v) is 7.75. The van der Waals surface area contributed by atoms with Crippen LogP contribution in [-0.2, 0) is 13.0 Å². The fraction of sp³-hybridized carbons (Fsp3) is 0.533. The number of nitrogens with one attached hydrogen (secondary N) is 2. The zero-order chi connectivity index (χ0) is 15.5. The Hall–Kier alpha value is -2.31. The van der Waals surface area contributed by atoms with Crippen LogP contribution in [0.5, 0.6) is 0 Å². The minimum Gasteiger partial charge on any atom is -0.469 e. The third-order valence-corrected chi connectivity index (χ3v) is 3.15. The molecule has 0 aliphatic carbocycles. The zero-order valence-electron chi connectivity index (χ0n) is 13.0. The number of furan rings is 1. The topological polar surface area (TPSA) is 80.3 Å². The minimum atomic E-state index is 0.804. The highest BCUT2D eigenvalue weighted by atomic mass is 16.3. The number of hydrogen-bond acceptors (Lipinski definition) is 4. The largest absolute Gasteiger partial charge is 0.469 e. The number of hydrogen-bond donors (Lipinski definition) is 2. The van der Waals surface area contributed by atoms with E-state index in [9.17, 15) is 0 Å². The third kappa shape index (κ3) is 5.99. The molecule has 2 aromatic heterocycles. The van der Waals surface area contributed by atoms with Crippen molar-refractivity contribution >= 4 is 5.96 Å². The Bertz CT molecular complexity index is 520. The van der Waals surface area contributed by atoms with Crippen LogP contribution in [0.3, 0.4) is 0 Å². The van der Waals surface area contributed by atoms with Crippen LogP contribution >= 0.6 is 0 Å². The maximum atomic E-state index is 5.31. The van der Waals surface area contributed by atoms with E-state index >= 15 is 0 Å². The number of aliphatic imine (C=N–C) groups is 1. The second-order valence-corrected chi connectivity index (χ2v) is 4.92. The Morgan fingerprint density at radius 1 is 1.27 bits per heavy atom. The molecule has 2 N–H and O–H groups in total. The summed E-state index contributed by atoms with van der Waals surface area (Å²) in [7, 11) is 0. The smallest absolute Gasteiger partial charge is 0.191 e. The van der Waals surface area contributed by atoms with Crippen molar-refractivity contribution in [2.45, 2.75) is 32.7 Å². The van der Waals surface area contributed by atoms with Crippen molar-refractivity contribution in [3.63, 3.8) is 0 Å². The van der Waals surface area contributed by atoms with Crippen molar-refractivity contribution in [2.75, 3.05) is 19.6 Å². The first-order valence-electron chi connectivity index (χ1n) is 7.75. The Morgan fingerprint density at radius 3 is 2.86 bits per heavy atom. The first kappa shape index (κ1) is 16.1. The van der Waals surface area contributed by atoms with Crippen LogP contribution in [0.2, 0.25) is 0 Å². The number of aromatic nitrogens is 3. The van der Waals surface area contributed by atoms with E-state index in [4.69, 9.17) is 4.42 Å². The van der Waals surface area contributed by atoms with Crippen LogP contribution in [0, 0.1) is 0 Å². The summed E-state index contributed by atoms with van der Waals surface area (Å²) in [5, 5.41) is 14.1. The van der Waals surface area contributed by atoms with E-state index in [0.29, 0.717) is 0 Å². The fourth-order valence-electron chi connectivity index (χ4n) is 2.04. The van der Waals surface area contributed by atoms with Gasteiger partial charge in [-0.2, -0.15) is 0 Å². The summed E-state index contributed by atoms with van der Waals surface area (Å²) in [6.07, 6.45) is 8.13. The molecule has 0 amide bonds. The molecule has 0 aromatic carbocycles. The van der Waals surface area contributed by atoms with Crippen molar-refractivity contribution in [3.05, 3.63) is 36.8 Å². The van der Waals surface area contributed by atoms with Gasteiger partial charge in [0.15, 0.2) is 5.96 Å². The van der Waals surface area contributed by atoms with Gasteiger partial charge in [-0.15, -0.1) is 10.2 Å². The highest BCUT2D eigenvalue weighted by Crippen LogP contribution is 1.99. The molecule has 0 unspecified atom stereocenters. The van der Waals surface area contributed by atoms with Gasteiger partial charge in [-0.3, -0.25) is 4.99 Å². The molecule has 0 spiro atoms. The molecular weight excluding hydrogens is 280 g/mol. The van der Waals surface area contributed by atoms with Crippen LogP contribution in [0.4, 0.5) is 0 Å². The third-order valence-electron chi connectivity index (χ3n) is 3.15. The van der Waals surface area contributed by atoms with Gasteiger partial charge in [0.2, 0.25) is 0 Å². The molecule has 0 aliphatic heterocycles. The minimum absolute atomic E-state index is 0.804. The van der Waals surface area contributed by atoms with Gasteiger partial charge in [0.25, 0.3) is 0 Å². The number of rotatable bonds is 9. The van der Waals surface area contributed by atoms with E-state index in [1.807, 2.05) is 16.7 Å². The van der Waals surface area contributed by atoms with Gasteiger partial charge < -0.3 is 19.6 Å². The summed E-state index contributed by atoms with van der Waals surface area (Å²) in [6, 6.07) is 3.89. The normalized spacial score (nSPS) is 11.6. The molecule has 0 aliphatic rings. The standard InChI is InChI=1S/C15H24N6O/c1-2-16-15(18-9-7-14-6-5-11-22-14)17-8-3-4-10-21-12-19-20-13-21/h5-6,11-13H,2-4,7-10H2,1H3,(H2,16,17,18). The molecule has 7 nitrogen and oxygen atoms in total. The second-order valence-electron chi connectivity index (χ2n) is 4.92. The molecule has 2 rings (SSSR count). The molecule has 120 valence electrons. The molecule has 0 radical (unpaired) electrons. The van der Waals surface area contributed by atoms with Gasteiger partial charge in [-0.05, 0) is 31.9 Å². The SMILES string of the molecule is CCNC(=NCCCCn1cnnc1)NCCc1ccco1. The number of aryl methyl sites for hydroxylation is 1. The summed E-state index contributed by atoms with van der Waals surface area (Å²) in [5.41, 5.74) is 0. The first-order chi connectivity index (χ1) is 10.9. The van der Waals surface area contributed by atoms with E-state index in [2.05, 4.69) is 32.7 Å². The van der Waals surface area contributed by atoms with Crippen LogP contribution < -0.4 is 10.6 Å². The molecule has 2 aromatic rings. The molecule has 0 fully saturated rings. The Balaban J connectivity index is 1.63. The highest BCUT2D eigenvalue weighted by molar-refractivity contribution is 5.79. The second kappa shape index (κ2) is 9.59. The quantitative estimate of drug-likeness (QED) is 0.416. The van der Waals surface area contributed by atoms with Crippen molar-refractivity contribution in [3.8, 4) is 0 Å². The number of unbranched alkanes of at least 4 members (excludes halogenated alkanes) is 1. The number of guanidine groups is 1. The number of nitrogens with zero attached hydrogens (tertiary/aromatic N) is 4. The molecule has 22 heavy (non-hydrogen) atoms. The van der Waals surface area contributed by atoms with Crippen molar-refractivity contribution in [1.82, 2.24) is 25.4 Å². The predicted octanol–water partition coefficient (Wildman–Crippen LogP) is 1.45. The lowest BCUT2D eigenvalue weighted by Gasteiger charge is -2.10. The summed E-state index contributed by atoms with van der Waals surface area (Å²) < 4.78 is 7.29. The van der Waals surface area contributed by atoms with Crippen LogP contribution in [0.15, 0.2) is 40.5 Å². The van der Waals surface area contributed by atoms with E-state index < -0.39 is 0 Å². The average Bonchev–Trinajstić information content (AvgIpc) is 3.20. The van der Waals surface area contributed by atoms with E-state index in [0.717, 1.165) is 57.2 Å². The van der Waals surface area contributed by atoms with E-state index in [1.54, 1.807) is 18.9 Å². The molecule has 0 bridgehead atoms. The molecule has 0 saturated heterocycles. The Kier molecular flexibility index (Phi) is 7.01. The van der Waals surface area contributed by atoms with E-state index in [-0.39, 0.29) is 0 Å². The maximum absolute atomic E-state index is 5.31. The monoisotopic (exact) mass is 304 g/mol. The maximum Gasteiger partial charge on any atom is 0.191 e. The van der Waals surface area contributed by atoms with Crippen LogP contribution in [-0.4, -0.2) is 40.4 Å². The van der Waals surface area contributed by atoms with Gasteiger partial charge in [0, 0.05) is 32.6 Å². The summed E-state index contributed by atoms with van der Waals surface area (Å²) in [4.78, 5) is 4.57. The lowest BCUT2D eigenvalue weighted by Crippen LogP contribution is -2.38. The summed E-state index contributed by atoms with van der Waals surface area (Å²) in [6.45, 7) is 5.46. The fourth-order valence-corrected chi connectivity index (χ4v) is 2.04. The summed E-state index contributed by atoms with van der Waals surface area (Å²) >= 11 is 0. The van der Waals surface area contributed by atoms with Gasteiger partial charge >= 0.3 is 0 Å². The average molecular weight is 304 g/mol. The van der Waals surface area contributed by atoms with Crippen molar-refractivity contribution in [2.24, 2.45) is 4.99 Å².